The second-order valence-electron chi connectivity index (χ2n) is 2.63. The number of benzene rings is 1. The van der Waals surface area contributed by atoms with Crippen LogP contribution in [0.15, 0.2) is 18.2 Å². The molecular formula is C9H9BrO. The Kier molecular flexibility index (Phi) is 1.86. The Balaban J connectivity index is 2.50. The molecule has 1 nitrogen and oxygen atoms in total. The smallest absolute Gasteiger partial charge is 0.122 e. The lowest BCUT2D eigenvalue weighted by molar-refractivity contribution is 0.357. The van der Waals surface area contributed by atoms with E-state index in [1.54, 1.807) is 0 Å². The molecule has 0 aromatic heterocycles. The second-order valence-corrected chi connectivity index (χ2v) is 3.19. The minimum atomic E-state index is 0.847. The van der Waals surface area contributed by atoms with E-state index in [9.17, 15) is 0 Å². The van der Waals surface area contributed by atoms with E-state index in [2.05, 4.69) is 22.0 Å². The Morgan fingerprint density at radius 1 is 1.45 bits per heavy atom. The first-order chi connectivity index (χ1) is 5.42. The second kappa shape index (κ2) is 2.86. The van der Waals surface area contributed by atoms with Crippen LogP contribution in [0.25, 0.3) is 0 Å². The van der Waals surface area contributed by atoms with Crippen LogP contribution in [0.2, 0.25) is 0 Å². The summed E-state index contributed by atoms with van der Waals surface area (Å²) in [7, 11) is 0. The van der Waals surface area contributed by atoms with Gasteiger partial charge in [-0.3, -0.25) is 0 Å². The average molecular weight is 213 g/mol. The van der Waals surface area contributed by atoms with Crippen LogP contribution >= 0.6 is 15.9 Å². The van der Waals surface area contributed by atoms with E-state index >= 15 is 0 Å². The quantitative estimate of drug-likeness (QED) is 0.651. The summed E-state index contributed by atoms with van der Waals surface area (Å²) in [5.74, 6) is 1.07. The summed E-state index contributed by atoms with van der Waals surface area (Å²) >= 11 is 3.46. The summed E-state index contributed by atoms with van der Waals surface area (Å²) in [5.41, 5.74) is 2.74. The minimum Gasteiger partial charge on any atom is -0.493 e. The molecule has 1 heterocycles. The number of ether oxygens (including phenoxy) is 1. The lowest BCUT2D eigenvalue weighted by Crippen LogP contribution is -1.87. The highest BCUT2D eigenvalue weighted by Crippen LogP contribution is 2.28. The molecule has 2 rings (SSSR count). The third kappa shape index (κ3) is 1.16. The number of halogens is 1. The molecule has 0 bridgehead atoms. The van der Waals surface area contributed by atoms with Gasteiger partial charge >= 0.3 is 0 Å². The first-order valence-corrected chi connectivity index (χ1v) is 4.83. The molecule has 1 aliphatic rings. The van der Waals surface area contributed by atoms with Gasteiger partial charge in [0.2, 0.25) is 0 Å². The molecular weight excluding hydrogens is 204 g/mol. The molecule has 58 valence electrons. The van der Waals surface area contributed by atoms with Crippen molar-refractivity contribution >= 4 is 15.9 Å². The van der Waals surface area contributed by atoms with Crippen LogP contribution < -0.4 is 4.74 Å². The van der Waals surface area contributed by atoms with Crippen LogP contribution in [0.1, 0.15) is 11.1 Å². The maximum absolute atomic E-state index is 5.42. The Morgan fingerprint density at radius 2 is 2.36 bits per heavy atom. The van der Waals surface area contributed by atoms with Gasteiger partial charge in [0.1, 0.15) is 5.75 Å². The molecule has 0 amide bonds. The van der Waals surface area contributed by atoms with E-state index in [1.165, 1.54) is 11.1 Å². The van der Waals surface area contributed by atoms with Crippen molar-refractivity contribution in [1.29, 1.82) is 0 Å². The Labute approximate surface area is 74.5 Å². The van der Waals surface area contributed by atoms with Gasteiger partial charge in [-0.25, -0.2) is 0 Å². The summed E-state index contributed by atoms with van der Waals surface area (Å²) in [4.78, 5) is 0. The third-order valence-corrected chi connectivity index (χ3v) is 2.59. The van der Waals surface area contributed by atoms with E-state index in [1.807, 2.05) is 12.1 Å². The Hall–Kier alpha value is -0.500. The zero-order chi connectivity index (χ0) is 7.68. The van der Waals surface area contributed by atoms with Crippen molar-refractivity contribution in [3.8, 4) is 5.75 Å². The summed E-state index contributed by atoms with van der Waals surface area (Å²) in [5, 5.41) is 0.930. The van der Waals surface area contributed by atoms with Gasteiger partial charge in [-0.1, -0.05) is 28.1 Å². The summed E-state index contributed by atoms with van der Waals surface area (Å²) in [6.07, 6.45) is 1.07. The van der Waals surface area contributed by atoms with Gasteiger partial charge in [0.05, 0.1) is 6.61 Å². The van der Waals surface area contributed by atoms with E-state index in [0.29, 0.717) is 0 Å². The van der Waals surface area contributed by atoms with E-state index in [-0.39, 0.29) is 0 Å². The molecule has 0 aliphatic carbocycles. The first-order valence-electron chi connectivity index (χ1n) is 3.71. The number of rotatable bonds is 1. The van der Waals surface area contributed by atoms with Gasteiger partial charge in [0.25, 0.3) is 0 Å². The Bertz CT molecular complexity index is 270. The molecule has 0 spiro atoms. The molecule has 0 saturated heterocycles. The highest BCUT2D eigenvalue weighted by Gasteiger charge is 2.13. The van der Waals surface area contributed by atoms with Crippen LogP contribution in [-0.2, 0) is 11.8 Å². The minimum absolute atomic E-state index is 0.847. The van der Waals surface area contributed by atoms with Gasteiger partial charge in [-0.2, -0.15) is 0 Å². The SMILES string of the molecule is BrCc1cccc2c1CCO2. The molecule has 0 unspecified atom stereocenters. The summed E-state index contributed by atoms with van der Waals surface area (Å²) < 4.78 is 5.42. The highest BCUT2D eigenvalue weighted by molar-refractivity contribution is 9.08. The van der Waals surface area contributed by atoms with Gasteiger partial charge in [0.15, 0.2) is 0 Å². The zero-order valence-electron chi connectivity index (χ0n) is 6.14. The molecule has 1 aromatic rings. The molecule has 0 radical (unpaired) electrons. The summed E-state index contributed by atoms with van der Waals surface area (Å²) in [6.45, 7) is 0.847. The van der Waals surface area contributed by atoms with Crippen molar-refractivity contribution in [2.45, 2.75) is 11.8 Å². The number of fused-ring (bicyclic) bond motifs is 1. The Morgan fingerprint density at radius 3 is 3.18 bits per heavy atom. The average Bonchev–Trinajstić information content (AvgIpc) is 2.50. The molecule has 0 atom stereocenters. The van der Waals surface area contributed by atoms with Gasteiger partial charge in [-0.15, -0.1) is 0 Å². The fourth-order valence-electron chi connectivity index (χ4n) is 1.42. The normalized spacial score (nSPS) is 14.3. The van der Waals surface area contributed by atoms with Crippen LogP contribution in [0.5, 0.6) is 5.75 Å². The van der Waals surface area contributed by atoms with E-state index < -0.39 is 0 Å². The molecule has 0 fully saturated rings. The summed E-state index contributed by atoms with van der Waals surface area (Å²) in [6, 6.07) is 6.22. The van der Waals surface area contributed by atoms with Crippen molar-refractivity contribution in [3.05, 3.63) is 29.3 Å². The lowest BCUT2D eigenvalue weighted by Gasteiger charge is -2.01. The number of alkyl halides is 1. The maximum atomic E-state index is 5.42. The molecule has 11 heavy (non-hydrogen) atoms. The third-order valence-electron chi connectivity index (χ3n) is 1.98. The predicted octanol–water partition coefficient (Wildman–Crippen LogP) is 2.52. The zero-order valence-corrected chi connectivity index (χ0v) is 7.73. The molecule has 1 aliphatic heterocycles. The number of hydrogen-bond acceptors (Lipinski definition) is 1. The van der Waals surface area contributed by atoms with Crippen molar-refractivity contribution in [2.24, 2.45) is 0 Å². The van der Waals surface area contributed by atoms with Gasteiger partial charge in [-0.05, 0) is 11.6 Å². The fraction of sp³-hybridized carbons (Fsp3) is 0.333. The molecule has 0 saturated carbocycles. The monoisotopic (exact) mass is 212 g/mol. The largest absolute Gasteiger partial charge is 0.493 e. The van der Waals surface area contributed by atoms with Crippen molar-refractivity contribution in [1.82, 2.24) is 0 Å². The van der Waals surface area contributed by atoms with Crippen LogP contribution in [0, 0.1) is 0 Å². The van der Waals surface area contributed by atoms with Crippen molar-refractivity contribution in [2.75, 3.05) is 6.61 Å². The van der Waals surface area contributed by atoms with E-state index in [4.69, 9.17) is 4.74 Å². The maximum Gasteiger partial charge on any atom is 0.122 e. The van der Waals surface area contributed by atoms with Crippen LogP contribution in [0.3, 0.4) is 0 Å². The molecule has 1 aromatic carbocycles. The van der Waals surface area contributed by atoms with E-state index in [0.717, 1.165) is 24.1 Å². The van der Waals surface area contributed by atoms with Crippen LogP contribution in [-0.4, -0.2) is 6.61 Å². The molecule has 2 heteroatoms. The van der Waals surface area contributed by atoms with Crippen molar-refractivity contribution < 1.29 is 4.74 Å². The molecule has 0 N–H and O–H groups in total. The van der Waals surface area contributed by atoms with Gasteiger partial charge in [0, 0.05) is 17.3 Å². The van der Waals surface area contributed by atoms with Crippen LogP contribution in [0.4, 0.5) is 0 Å². The topological polar surface area (TPSA) is 9.23 Å². The standard InChI is InChI=1S/C9H9BrO/c10-6-7-2-1-3-9-8(7)4-5-11-9/h1-3H,4-6H2. The highest BCUT2D eigenvalue weighted by atomic mass is 79.9. The number of hydrogen-bond donors (Lipinski definition) is 0. The van der Waals surface area contributed by atoms with Gasteiger partial charge < -0.3 is 4.74 Å². The van der Waals surface area contributed by atoms with Crippen molar-refractivity contribution in [3.63, 3.8) is 0 Å². The first kappa shape index (κ1) is 7.17. The lowest BCUT2D eigenvalue weighted by atomic mass is 10.1. The fourth-order valence-corrected chi connectivity index (χ4v) is 1.94. The predicted molar refractivity (Wildman–Crippen MR) is 48.3 cm³/mol.